The molecule has 6 heteroatoms. The quantitative estimate of drug-likeness (QED) is 0.334. The van der Waals surface area contributed by atoms with Crippen LogP contribution in [0, 0.1) is 0 Å². The molecule has 1 aliphatic rings. The van der Waals surface area contributed by atoms with Gasteiger partial charge in [0.2, 0.25) is 5.91 Å². The van der Waals surface area contributed by atoms with Gasteiger partial charge in [0.1, 0.15) is 5.84 Å². The van der Waals surface area contributed by atoms with Crippen molar-refractivity contribution in [1.82, 2.24) is 4.90 Å². The summed E-state index contributed by atoms with van der Waals surface area (Å²) in [6, 6.07) is 0. The van der Waals surface area contributed by atoms with Crippen LogP contribution in [0.25, 0.3) is 0 Å². The molecule has 1 amide bonds. The second-order valence-electron chi connectivity index (χ2n) is 4.58. The molecule has 1 aliphatic heterocycles. The zero-order valence-electron chi connectivity index (χ0n) is 11.0. The number of carbonyl (C=O) groups is 1. The van der Waals surface area contributed by atoms with Crippen LogP contribution < -0.4 is 5.73 Å². The number of thioether (sulfide) groups is 1. The minimum Gasteiger partial charge on any atom is -0.409 e. The van der Waals surface area contributed by atoms with Gasteiger partial charge in [0.25, 0.3) is 0 Å². The first-order valence-corrected chi connectivity index (χ1v) is 7.58. The Bertz CT molecular complexity index is 291. The predicted molar refractivity (Wildman–Crippen MR) is 75.0 cm³/mol. The number of hydrogen-bond donors (Lipinski definition) is 2. The molecule has 104 valence electrons. The van der Waals surface area contributed by atoms with Crippen molar-refractivity contribution in [3.8, 4) is 0 Å². The van der Waals surface area contributed by atoms with Gasteiger partial charge in [0.15, 0.2) is 0 Å². The fourth-order valence-corrected chi connectivity index (χ4v) is 3.10. The lowest BCUT2D eigenvalue weighted by Crippen LogP contribution is -2.37. The van der Waals surface area contributed by atoms with Crippen molar-refractivity contribution < 1.29 is 10.0 Å². The highest BCUT2D eigenvalue weighted by Crippen LogP contribution is 2.19. The van der Waals surface area contributed by atoms with Crippen molar-refractivity contribution >= 4 is 23.5 Å². The third kappa shape index (κ3) is 5.16. The topological polar surface area (TPSA) is 78.9 Å². The van der Waals surface area contributed by atoms with Crippen molar-refractivity contribution in [3.05, 3.63) is 0 Å². The maximum absolute atomic E-state index is 12.0. The van der Waals surface area contributed by atoms with Crippen LogP contribution in [-0.2, 0) is 4.79 Å². The molecule has 1 saturated heterocycles. The fourth-order valence-electron chi connectivity index (χ4n) is 2.02. The Hall–Kier alpha value is -0.910. The van der Waals surface area contributed by atoms with Gasteiger partial charge in [-0.05, 0) is 25.7 Å². The monoisotopic (exact) mass is 273 g/mol. The van der Waals surface area contributed by atoms with Crippen molar-refractivity contribution in [1.29, 1.82) is 0 Å². The Balaban J connectivity index is 2.30. The van der Waals surface area contributed by atoms with E-state index in [1.54, 1.807) is 11.8 Å². The molecule has 1 atom stereocenters. The first-order chi connectivity index (χ1) is 8.67. The van der Waals surface area contributed by atoms with E-state index in [-0.39, 0.29) is 17.0 Å². The van der Waals surface area contributed by atoms with E-state index in [1.807, 2.05) is 11.8 Å². The van der Waals surface area contributed by atoms with E-state index in [1.165, 1.54) is 6.42 Å². The van der Waals surface area contributed by atoms with Crippen molar-refractivity contribution in [2.45, 2.75) is 44.3 Å². The van der Waals surface area contributed by atoms with Gasteiger partial charge in [0, 0.05) is 24.8 Å². The highest BCUT2D eigenvalue weighted by molar-refractivity contribution is 8.00. The smallest absolute Gasteiger partial charge is 0.232 e. The molecule has 1 unspecified atom stereocenters. The van der Waals surface area contributed by atoms with Crippen LogP contribution in [0.3, 0.4) is 0 Å². The second-order valence-corrected chi connectivity index (χ2v) is 5.87. The molecule has 0 aromatic heterocycles. The van der Waals surface area contributed by atoms with Crippen LogP contribution in [0.2, 0.25) is 0 Å². The molecule has 3 N–H and O–H groups in total. The van der Waals surface area contributed by atoms with Crippen LogP contribution in [0.5, 0.6) is 0 Å². The van der Waals surface area contributed by atoms with E-state index < -0.39 is 0 Å². The van der Waals surface area contributed by atoms with E-state index in [4.69, 9.17) is 10.9 Å². The van der Waals surface area contributed by atoms with E-state index >= 15 is 0 Å². The van der Waals surface area contributed by atoms with Crippen LogP contribution in [0.4, 0.5) is 0 Å². The highest BCUT2D eigenvalue weighted by Gasteiger charge is 2.18. The van der Waals surface area contributed by atoms with Crippen molar-refractivity contribution in [3.63, 3.8) is 0 Å². The lowest BCUT2D eigenvalue weighted by molar-refractivity contribution is -0.129. The molecule has 1 heterocycles. The summed E-state index contributed by atoms with van der Waals surface area (Å²) >= 11 is 1.60. The SMILES string of the molecule is CCC(CC(N)=NO)SCC(=O)N1CCCCC1. The molecule has 1 fully saturated rings. The number of amidine groups is 1. The summed E-state index contributed by atoms with van der Waals surface area (Å²) < 4.78 is 0. The van der Waals surface area contributed by atoms with Crippen LogP contribution in [0.1, 0.15) is 39.0 Å². The number of nitrogens with two attached hydrogens (primary N) is 1. The molecule has 0 saturated carbocycles. The molecule has 0 aromatic carbocycles. The number of hydrogen-bond acceptors (Lipinski definition) is 4. The van der Waals surface area contributed by atoms with Crippen molar-refractivity contribution in [2.75, 3.05) is 18.8 Å². The minimum atomic E-state index is 0.220. The maximum Gasteiger partial charge on any atom is 0.232 e. The Labute approximate surface area is 113 Å². The number of rotatable bonds is 6. The summed E-state index contributed by atoms with van der Waals surface area (Å²) in [6.07, 6.45) is 4.92. The number of nitrogens with zero attached hydrogens (tertiary/aromatic N) is 2. The van der Waals surface area contributed by atoms with Crippen molar-refractivity contribution in [2.24, 2.45) is 10.9 Å². The molecule has 5 nitrogen and oxygen atoms in total. The van der Waals surface area contributed by atoms with Crippen LogP contribution in [0.15, 0.2) is 5.16 Å². The van der Waals surface area contributed by atoms with Gasteiger partial charge in [0.05, 0.1) is 5.75 Å². The molecular formula is C12H23N3O2S. The zero-order valence-corrected chi connectivity index (χ0v) is 11.8. The largest absolute Gasteiger partial charge is 0.409 e. The molecular weight excluding hydrogens is 250 g/mol. The Morgan fingerprint density at radius 1 is 1.44 bits per heavy atom. The zero-order chi connectivity index (χ0) is 13.4. The van der Waals surface area contributed by atoms with Gasteiger partial charge in [-0.2, -0.15) is 0 Å². The number of carbonyl (C=O) groups excluding carboxylic acids is 1. The molecule has 0 radical (unpaired) electrons. The molecule has 0 bridgehead atoms. The number of piperidine rings is 1. The fraction of sp³-hybridized carbons (Fsp3) is 0.833. The predicted octanol–water partition coefficient (Wildman–Crippen LogP) is 1.65. The van der Waals surface area contributed by atoms with E-state index in [9.17, 15) is 4.79 Å². The standard InChI is InChI=1S/C12H23N3O2S/c1-2-10(8-11(13)14-17)18-9-12(16)15-6-4-3-5-7-15/h10,17H,2-9H2,1H3,(H2,13,14). The normalized spacial score (nSPS) is 18.7. The summed E-state index contributed by atoms with van der Waals surface area (Å²) in [5.41, 5.74) is 5.49. The summed E-state index contributed by atoms with van der Waals surface area (Å²) in [5, 5.41) is 11.8. The Kier molecular flexibility index (Phi) is 6.93. The minimum absolute atomic E-state index is 0.220. The Morgan fingerprint density at radius 3 is 2.67 bits per heavy atom. The van der Waals surface area contributed by atoms with Gasteiger partial charge in [-0.3, -0.25) is 4.79 Å². The average Bonchev–Trinajstić information content (AvgIpc) is 2.43. The summed E-state index contributed by atoms with van der Waals surface area (Å²) in [7, 11) is 0. The maximum atomic E-state index is 12.0. The second kappa shape index (κ2) is 8.24. The van der Waals surface area contributed by atoms with E-state index in [2.05, 4.69) is 5.16 Å². The third-order valence-corrected chi connectivity index (χ3v) is 4.56. The molecule has 0 aliphatic carbocycles. The summed E-state index contributed by atoms with van der Waals surface area (Å²) in [5.74, 6) is 0.953. The van der Waals surface area contributed by atoms with Gasteiger partial charge in [-0.25, -0.2) is 0 Å². The number of amides is 1. The summed E-state index contributed by atoms with van der Waals surface area (Å²) in [6.45, 7) is 3.85. The van der Waals surface area contributed by atoms with Gasteiger partial charge in [-0.1, -0.05) is 12.1 Å². The molecule has 0 aromatic rings. The first-order valence-electron chi connectivity index (χ1n) is 6.53. The van der Waals surface area contributed by atoms with E-state index in [0.29, 0.717) is 12.2 Å². The van der Waals surface area contributed by atoms with Crippen LogP contribution >= 0.6 is 11.8 Å². The van der Waals surface area contributed by atoms with E-state index in [0.717, 1.165) is 32.4 Å². The average molecular weight is 273 g/mol. The van der Waals surface area contributed by atoms with Gasteiger partial charge >= 0.3 is 0 Å². The third-order valence-electron chi connectivity index (χ3n) is 3.17. The number of likely N-dealkylation sites (tertiary alicyclic amines) is 1. The Morgan fingerprint density at radius 2 is 2.11 bits per heavy atom. The summed E-state index contributed by atoms with van der Waals surface area (Å²) in [4.78, 5) is 13.9. The van der Waals surface area contributed by atoms with Gasteiger partial charge in [-0.15, -0.1) is 11.8 Å². The van der Waals surface area contributed by atoms with Gasteiger partial charge < -0.3 is 15.8 Å². The van der Waals surface area contributed by atoms with Crippen LogP contribution in [-0.4, -0.2) is 45.9 Å². The molecule has 1 rings (SSSR count). The lowest BCUT2D eigenvalue weighted by Gasteiger charge is -2.27. The number of oxime groups is 1. The lowest BCUT2D eigenvalue weighted by atomic mass is 10.1. The molecule has 0 spiro atoms. The first kappa shape index (κ1) is 15.1. The molecule has 18 heavy (non-hydrogen) atoms. The highest BCUT2D eigenvalue weighted by atomic mass is 32.2.